The van der Waals surface area contributed by atoms with Gasteiger partial charge in [0, 0.05) is 13.3 Å². The molecule has 0 radical (unpaired) electrons. The highest BCUT2D eigenvalue weighted by Gasteiger charge is 2.66. The number of rotatable bonds is 2. The third-order valence-corrected chi connectivity index (χ3v) is 8.71. The maximum atomic E-state index is 11.4. The number of carbonyl (C=O) groups is 1. The van der Waals surface area contributed by atoms with Crippen LogP contribution in [0.3, 0.4) is 0 Å². The molecule has 4 aliphatic rings. The number of fused-ring (bicyclic) bond motifs is 5. The second kappa shape index (κ2) is 5.37. The van der Waals surface area contributed by atoms with Crippen LogP contribution in [-0.4, -0.2) is 23.3 Å². The lowest BCUT2D eigenvalue weighted by Gasteiger charge is -2.59. The van der Waals surface area contributed by atoms with Gasteiger partial charge in [-0.1, -0.05) is 6.92 Å². The fourth-order valence-electron chi connectivity index (χ4n) is 7.72. The summed E-state index contributed by atoms with van der Waals surface area (Å²) in [5, 5.41) is 11.4. The third kappa shape index (κ3) is 2.14. The predicted octanol–water partition coefficient (Wildman–Crippen LogP) is 4.21. The lowest BCUT2D eigenvalue weighted by atomic mass is 9.45. The summed E-state index contributed by atoms with van der Waals surface area (Å²) in [4.78, 5) is 11.3. The summed E-state index contributed by atoms with van der Waals surface area (Å²) in [6.45, 7) is 4.11. The van der Waals surface area contributed by atoms with Gasteiger partial charge in [-0.3, -0.25) is 4.79 Å². The first-order valence-corrected chi connectivity index (χ1v) is 10.3. The van der Waals surface area contributed by atoms with Crippen molar-refractivity contribution >= 4 is 5.97 Å². The van der Waals surface area contributed by atoms with Crippen LogP contribution in [0.1, 0.15) is 76.0 Å². The lowest BCUT2D eigenvalue weighted by molar-refractivity contribution is -0.151. The molecule has 4 heteroatoms. The second-order valence-corrected chi connectivity index (χ2v) is 9.85. The number of esters is 1. The molecule has 1 aromatic heterocycles. The number of aliphatic hydroxyl groups is 1. The molecule has 0 unspecified atom stereocenters. The van der Waals surface area contributed by atoms with Crippen LogP contribution in [0.25, 0.3) is 0 Å². The third-order valence-electron chi connectivity index (χ3n) is 8.71. The number of hydrogen-bond acceptors (Lipinski definition) is 4. The van der Waals surface area contributed by atoms with Crippen molar-refractivity contribution in [2.75, 3.05) is 6.61 Å². The highest BCUT2D eigenvalue weighted by atomic mass is 16.5. The van der Waals surface area contributed by atoms with Crippen molar-refractivity contribution in [1.29, 1.82) is 0 Å². The van der Waals surface area contributed by atoms with E-state index < -0.39 is 5.60 Å². The Bertz CT molecular complexity index is 738. The molecule has 5 rings (SSSR count). The van der Waals surface area contributed by atoms with E-state index in [1.165, 1.54) is 43.9 Å². The molecule has 0 aromatic carbocycles. The van der Waals surface area contributed by atoms with E-state index in [9.17, 15) is 9.90 Å². The van der Waals surface area contributed by atoms with Crippen LogP contribution < -0.4 is 0 Å². The van der Waals surface area contributed by atoms with E-state index in [-0.39, 0.29) is 23.9 Å². The van der Waals surface area contributed by atoms with Crippen molar-refractivity contribution in [1.82, 2.24) is 0 Å². The van der Waals surface area contributed by atoms with Crippen molar-refractivity contribution in [2.45, 2.75) is 76.7 Å². The normalized spacial score (nSPS) is 46.2. The number of hydrogen-bond donors (Lipinski definition) is 1. The molecule has 0 amide bonds. The van der Waals surface area contributed by atoms with Crippen LogP contribution in [0.4, 0.5) is 0 Å². The second-order valence-electron chi connectivity index (χ2n) is 9.85. The first-order valence-electron chi connectivity index (χ1n) is 10.3. The molecule has 3 saturated carbocycles. The van der Waals surface area contributed by atoms with Crippen molar-refractivity contribution in [2.24, 2.45) is 22.7 Å². The molecule has 26 heavy (non-hydrogen) atoms. The first-order chi connectivity index (χ1) is 12.4. The Morgan fingerprint density at radius 1 is 1.35 bits per heavy atom. The maximum Gasteiger partial charge on any atom is 0.302 e. The monoisotopic (exact) mass is 358 g/mol. The number of carbonyl (C=O) groups excluding carboxylic acids is 1. The summed E-state index contributed by atoms with van der Waals surface area (Å²) in [5.41, 5.74) is 1.15. The van der Waals surface area contributed by atoms with Gasteiger partial charge in [-0.15, -0.1) is 0 Å². The Balaban J connectivity index is 1.47. The van der Waals surface area contributed by atoms with Crippen LogP contribution >= 0.6 is 0 Å². The molecule has 4 nitrogen and oxygen atoms in total. The Morgan fingerprint density at radius 3 is 3.00 bits per heavy atom. The molecule has 2 bridgehead atoms. The summed E-state index contributed by atoms with van der Waals surface area (Å²) < 4.78 is 11.0. The minimum atomic E-state index is -0.820. The quantitative estimate of drug-likeness (QED) is 0.805. The van der Waals surface area contributed by atoms with Gasteiger partial charge in [0.15, 0.2) is 0 Å². The highest BCUT2D eigenvalue weighted by Crippen LogP contribution is 2.72. The molecule has 4 aliphatic carbocycles. The van der Waals surface area contributed by atoms with Gasteiger partial charge in [-0.25, -0.2) is 0 Å². The Hall–Kier alpha value is -1.29. The van der Waals surface area contributed by atoms with E-state index in [0.29, 0.717) is 17.3 Å². The molecule has 1 aromatic rings. The minimum Gasteiger partial charge on any atom is -0.469 e. The van der Waals surface area contributed by atoms with E-state index in [1.54, 1.807) is 0 Å². The van der Waals surface area contributed by atoms with Gasteiger partial charge in [0.05, 0.1) is 6.26 Å². The molecule has 6 atom stereocenters. The average molecular weight is 358 g/mol. The molecule has 1 spiro atoms. The molecule has 1 N–H and O–H groups in total. The summed E-state index contributed by atoms with van der Waals surface area (Å²) in [6, 6.07) is 2.20. The van der Waals surface area contributed by atoms with E-state index in [4.69, 9.17) is 9.15 Å². The average Bonchev–Trinajstić information content (AvgIpc) is 3.14. The van der Waals surface area contributed by atoms with Crippen molar-refractivity contribution in [3.63, 3.8) is 0 Å². The smallest absolute Gasteiger partial charge is 0.302 e. The molecule has 1 heterocycles. The molecule has 142 valence electrons. The van der Waals surface area contributed by atoms with E-state index >= 15 is 0 Å². The Morgan fingerprint density at radius 2 is 2.19 bits per heavy atom. The molecule has 3 fully saturated rings. The predicted molar refractivity (Wildman–Crippen MR) is 96.6 cm³/mol. The van der Waals surface area contributed by atoms with Crippen LogP contribution in [0.15, 0.2) is 16.7 Å². The standard InChI is InChI=1S/C22H30O4/c1-14(23)26-13-22(24)12-21-9-5-17-16-7-10-25-18(16)6-8-20(17,2)19(21)4-3-15(22)11-21/h7,10,15,17,19,24H,3-6,8-9,11-13H2,1-2H3/t15-,17-,19+,20+,21+,22-/m1/s1. The van der Waals surface area contributed by atoms with Gasteiger partial charge in [0.2, 0.25) is 0 Å². The fourth-order valence-corrected chi connectivity index (χ4v) is 7.72. The molecule has 0 saturated heterocycles. The van der Waals surface area contributed by atoms with Crippen LogP contribution in [0, 0.1) is 22.7 Å². The largest absolute Gasteiger partial charge is 0.469 e. The number of aryl methyl sites for hydroxylation is 1. The van der Waals surface area contributed by atoms with E-state index in [0.717, 1.165) is 25.7 Å². The number of ether oxygens (including phenoxy) is 1. The van der Waals surface area contributed by atoms with Gasteiger partial charge in [-0.05, 0) is 85.2 Å². The zero-order chi connectivity index (χ0) is 18.2. The SMILES string of the molecule is CC(=O)OC[C@]1(O)C[C@@]23CC[C@@H]4c5ccoc5CC[C@]4(C)[C@@H]2CC[C@@H]1C3. The zero-order valence-electron chi connectivity index (χ0n) is 15.9. The minimum absolute atomic E-state index is 0.174. The summed E-state index contributed by atoms with van der Waals surface area (Å²) in [7, 11) is 0. The van der Waals surface area contributed by atoms with E-state index in [1.807, 2.05) is 6.26 Å². The van der Waals surface area contributed by atoms with Gasteiger partial charge in [-0.2, -0.15) is 0 Å². The Labute approximate surface area is 155 Å². The van der Waals surface area contributed by atoms with Crippen molar-refractivity contribution in [3.05, 3.63) is 23.7 Å². The van der Waals surface area contributed by atoms with Crippen LogP contribution in [0.2, 0.25) is 0 Å². The maximum absolute atomic E-state index is 11.4. The molecular weight excluding hydrogens is 328 g/mol. The van der Waals surface area contributed by atoms with Crippen molar-refractivity contribution < 1.29 is 19.1 Å². The van der Waals surface area contributed by atoms with Gasteiger partial charge >= 0.3 is 5.97 Å². The van der Waals surface area contributed by atoms with Crippen molar-refractivity contribution in [3.8, 4) is 0 Å². The molecule has 0 aliphatic heterocycles. The summed E-state index contributed by atoms with van der Waals surface area (Å²) >= 11 is 0. The van der Waals surface area contributed by atoms with Crippen LogP contribution in [-0.2, 0) is 16.0 Å². The van der Waals surface area contributed by atoms with Gasteiger partial charge in [0.25, 0.3) is 0 Å². The van der Waals surface area contributed by atoms with Gasteiger partial charge in [0.1, 0.15) is 18.0 Å². The lowest BCUT2D eigenvalue weighted by Crippen LogP contribution is -2.51. The topological polar surface area (TPSA) is 59.7 Å². The first kappa shape index (κ1) is 16.9. The zero-order valence-corrected chi connectivity index (χ0v) is 15.9. The van der Waals surface area contributed by atoms with Gasteiger partial charge < -0.3 is 14.3 Å². The highest BCUT2D eigenvalue weighted by molar-refractivity contribution is 5.66. The summed E-state index contributed by atoms with van der Waals surface area (Å²) in [6.07, 6.45) is 10.7. The fraction of sp³-hybridized carbons (Fsp3) is 0.773. The van der Waals surface area contributed by atoms with Crippen LogP contribution in [0.5, 0.6) is 0 Å². The summed E-state index contributed by atoms with van der Waals surface area (Å²) in [5.74, 6) is 2.45. The Kier molecular flexibility index (Phi) is 3.48. The van der Waals surface area contributed by atoms with E-state index in [2.05, 4.69) is 13.0 Å². The number of furan rings is 1. The molecular formula is C22H30O4.